The number of fused-ring (bicyclic) bond motifs is 2. The number of aromatic nitrogens is 3. The molecule has 10 nitrogen and oxygen atoms in total. The first-order chi connectivity index (χ1) is 23.5. The van der Waals surface area contributed by atoms with Crippen molar-refractivity contribution in [2.24, 2.45) is 0 Å². The van der Waals surface area contributed by atoms with Crippen LogP contribution in [0.3, 0.4) is 0 Å². The highest BCUT2D eigenvalue weighted by molar-refractivity contribution is 6.01. The van der Waals surface area contributed by atoms with Crippen molar-refractivity contribution in [1.29, 1.82) is 0 Å². The van der Waals surface area contributed by atoms with Gasteiger partial charge >= 0.3 is 0 Å². The molecule has 4 aromatic carbocycles. The van der Waals surface area contributed by atoms with E-state index in [1.807, 2.05) is 71.4 Å². The highest BCUT2D eigenvalue weighted by Gasteiger charge is 2.29. The lowest BCUT2D eigenvalue weighted by Crippen LogP contribution is -2.30. The summed E-state index contributed by atoms with van der Waals surface area (Å²) < 4.78 is 25.8. The standard InChI is InChI=1S/C37H31FN6O4/c38-29-19-27-33-35(32(29)40-14-7-16-43-17-15-39-23-43)48-31-18-26(36(46)41-20-24-8-3-1-4-9-24)12-13-30(31)44(33)22-28(34(27)45)37(47)42-21-25-10-5-2-6-11-25/h1-6,8-13,15,17-19,22-23,40H,7,14,16,20-21H2,(H,41,46)(H,42,47). The second-order valence-corrected chi connectivity index (χ2v) is 11.4. The second-order valence-electron chi connectivity index (χ2n) is 11.4. The predicted octanol–water partition coefficient (Wildman–Crippen LogP) is 5.79. The monoisotopic (exact) mass is 642 g/mol. The zero-order valence-corrected chi connectivity index (χ0v) is 25.8. The molecule has 0 saturated heterocycles. The van der Waals surface area contributed by atoms with Crippen LogP contribution in [0.25, 0.3) is 16.6 Å². The van der Waals surface area contributed by atoms with E-state index in [1.54, 1.807) is 35.3 Å². The maximum absolute atomic E-state index is 15.9. The minimum atomic E-state index is -0.703. The molecule has 0 atom stereocenters. The summed E-state index contributed by atoms with van der Waals surface area (Å²) in [5.74, 6) is -1.26. The second kappa shape index (κ2) is 13.2. The van der Waals surface area contributed by atoms with Crippen molar-refractivity contribution in [3.8, 4) is 17.2 Å². The van der Waals surface area contributed by atoms with E-state index in [2.05, 4.69) is 20.9 Å². The topological polar surface area (TPSA) is 119 Å². The number of nitrogens with one attached hydrogen (secondary N) is 3. The summed E-state index contributed by atoms with van der Waals surface area (Å²) in [4.78, 5) is 44.4. The largest absolute Gasteiger partial charge is 0.451 e. The van der Waals surface area contributed by atoms with E-state index in [0.29, 0.717) is 42.8 Å². The van der Waals surface area contributed by atoms with Crippen LogP contribution in [0.15, 0.2) is 115 Å². The van der Waals surface area contributed by atoms with E-state index in [-0.39, 0.29) is 40.6 Å². The minimum absolute atomic E-state index is 0.00541. The van der Waals surface area contributed by atoms with Gasteiger partial charge in [0.05, 0.1) is 17.4 Å². The third-order valence-corrected chi connectivity index (χ3v) is 8.18. The molecule has 3 N–H and O–H groups in total. The molecule has 48 heavy (non-hydrogen) atoms. The van der Waals surface area contributed by atoms with E-state index in [1.165, 1.54) is 6.20 Å². The Labute approximate surface area is 274 Å². The summed E-state index contributed by atoms with van der Waals surface area (Å²) in [6, 6.07) is 24.9. The molecule has 0 saturated carbocycles. The van der Waals surface area contributed by atoms with Crippen molar-refractivity contribution in [3.63, 3.8) is 0 Å². The number of carbonyl (C=O) groups excluding carboxylic acids is 2. The van der Waals surface area contributed by atoms with Gasteiger partial charge in [-0.15, -0.1) is 0 Å². The van der Waals surface area contributed by atoms with Crippen LogP contribution in [-0.4, -0.2) is 32.5 Å². The number of ether oxygens (including phenoxy) is 1. The molecule has 240 valence electrons. The van der Waals surface area contributed by atoms with E-state index in [4.69, 9.17) is 4.74 Å². The van der Waals surface area contributed by atoms with Gasteiger partial charge in [0, 0.05) is 50.3 Å². The first-order valence-electron chi connectivity index (χ1n) is 15.5. The molecule has 1 aliphatic heterocycles. The number of amides is 2. The number of hydrogen-bond donors (Lipinski definition) is 3. The highest BCUT2D eigenvalue weighted by atomic mass is 19.1. The van der Waals surface area contributed by atoms with Crippen molar-refractivity contribution in [1.82, 2.24) is 24.8 Å². The Morgan fingerprint density at radius 3 is 2.27 bits per heavy atom. The van der Waals surface area contributed by atoms with Crippen molar-refractivity contribution in [2.45, 2.75) is 26.1 Å². The SMILES string of the molecule is O=C(NCc1ccccc1)c1ccc2c(c1)Oc1c(NCCCn3ccnc3)c(F)cc3c(=O)c(C(=O)NCc4ccccc4)cn-2c13. The smallest absolute Gasteiger partial charge is 0.257 e. The van der Waals surface area contributed by atoms with Crippen LogP contribution in [0.4, 0.5) is 10.1 Å². The number of imidazole rings is 1. The van der Waals surface area contributed by atoms with Gasteiger partial charge < -0.3 is 29.8 Å². The van der Waals surface area contributed by atoms with Crippen LogP contribution in [0.2, 0.25) is 0 Å². The number of benzene rings is 4. The third kappa shape index (κ3) is 6.13. The van der Waals surface area contributed by atoms with Gasteiger partial charge in [-0.1, -0.05) is 60.7 Å². The molecule has 0 bridgehead atoms. The van der Waals surface area contributed by atoms with Gasteiger partial charge in [-0.25, -0.2) is 9.37 Å². The fourth-order valence-corrected chi connectivity index (χ4v) is 5.74. The van der Waals surface area contributed by atoms with Crippen LogP contribution < -0.4 is 26.1 Å². The number of anilines is 1. The Hall–Kier alpha value is -6.23. The van der Waals surface area contributed by atoms with E-state index in [0.717, 1.165) is 17.2 Å². The number of hydrogen-bond acceptors (Lipinski definition) is 6. The zero-order valence-electron chi connectivity index (χ0n) is 25.8. The molecule has 0 spiro atoms. The molecule has 0 radical (unpaired) electrons. The summed E-state index contributed by atoms with van der Waals surface area (Å²) >= 11 is 0. The maximum atomic E-state index is 15.9. The van der Waals surface area contributed by atoms with Gasteiger partial charge in [-0.05, 0) is 41.8 Å². The molecule has 11 heteroatoms. The number of halogens is 1. The number of rotatable bonds is 11. The minimum Gasteiger partial charge on any atom is -0.451 e. The number of nitrogens with zero attached hydrogens (tertiary/aromatic N) is 3. The molecule has 1 aliphatic rings. The lowest BCUT2D eigenvalue weighted by atomic mass is 10.0. The van der Waals surface area contributed by atoms with Crippen molar-refractivity contribution in [2.75, 3.05) is 11.9 Å². The first kappa shape index (κ1) is 30.4. The van der Waals surface area contributed by atoms with Gasteiger partial charge in [-0.3, -0.25) is 14.4 Å². The van der Waals surface area contributed by atoms with Crippen LogP contribution in [0, 0.1) is 5.82 Å². The average molecular weight is 643 g/mol. The molecule has 6 aromatic rings. The Kier molecular flexibility index (Phi) is 8.40. The van der Waals surface area contributed by atoms with Crippen molar-refractivity contribution >= 4 is 28.4 Å². The molecule has 0 fully saturated rings. The molecule has 3 heterocycles. The lowest BCUT2D eigenvalue weighted by Gasteiger charge is -2.26. The van der Waals surface area contributed by atoms with E-state index < -0.39 is 17.2 Å². The van der Waals surface area contributed by atoms with E-state index in [9.17, 15) is 14.4 Å². The lowest BCUT2D eigenvalue weighted by molar-refractivity contribution is 0.0942. The van der Waals surface area contributed by atoms with Crippen LogP contribution in [0.1, 0.15) is 38.3 Å². The van der Waals surface area contributed by atoms with Crippen LogP contribution >= 0.6 is 0 Å². The Balaban J connectivity index is 1.25. The fraction of sp³-hybridized carbons (Fsp3) is 0.135. The van der Waals surface area contributed by atoms with Crippen molar-refractivity contribution < 1.29 is 18.7 Å². The van der Waals surface area contributed by atoms with E-state index >= 15 is 4.39 Å². The van der Waals surface area contributed by atoms with Gasteiger partial charge in [0.15, 0.2) is 17.3 Å². The van der Waals surface area contributed by atoms with Gasteiger partial charge in [0.2, 0.25) is 5.43 Å². The van der Waals surface area contributed by atoms with Crippen LogP contribution in [-0.2, 0) is 19.6 Å². The molecule has 2 amide bonds. The summed E-state index contributed by atoms with van der Waals surface area (Å²) in [6.07, 6.45) is 7.35. The summed E-state index contributed by atoms with van der Waals surface area (Å²) in [7, 11) is 0. The third-order valence-electron chi connectivity index (χ3n) is 8.18. The Morgan fingerprint density at radius 2 is 1.58 bits per heavy atom. The van der Waals surface area contributed by atoms with Crippen molar-refractivity contribution in [3.05, 3.63) is 148 Å². The molecular formula is C37H31FN6O4. The first-order valence-corrected chi connectivity index (χ1v) is 15.5. The Morgan fingerprint density at radius 1 is 0.875 bits per heavy atom. The molecule has 0 aliphatic carbocycles. The van der Waals surface area contributed by atoms with Gasteiger partial charge in [-0.2, -0.15) is 0 Å². The molecule has 2 aromatic heterocycles. The summed E-state index contributed by atoms with van der Waals surface area (Å²) in [5.41, 5.74) is 2.24. The summed E-state index contributed by atoms with van der Waals surface area (Å²) in [6.45, 7) is 1.60. The Bertz CT molecular complexity index is 2180. The molecular weight excluding hydrogens is 611 g/mol. The quantitative estimate of drug-likeness (QED) is 0.154. The summed E-state index contributed by atoms with van der Waals surface area (Å²) in [5, 5.41) is 8.85. The highest BCUT2D eigenvalue weighted by Crippen LogP contribution is 2.45. The number of carbonyl (C=O) groups is 2. The molecule has 7 rings (SSSR count). The van der Waals surface area contributed by atoms with Crippen LogP contribution in [0.5, 0.6) is 11.5 Å². The van der Waals surface area contributed by atoms with Gasteiger partial charge in [0.25, 0.3) is 11.8 Å². The average Bonchev–Trinajstić information content (AvgIpc) is 3.64. The maximum Gasteiger partial charge on any atom is 0.257 e. The van der Waals surface area contributed by atoms with Gasteiger partial charge in [0.1, 0.15) is 16.8 Å². The number of pyridine rings is 1. The normalized spacial score (nSPS) is 11.4. The zero-order chi connectivity index (χ0) is 33.0. The number of aryl methyl sites for hydroxylation is 1. The predicted molar refractivity (Wildman–Crippen MR) is 180 cm³/mol. The fourth-order valence-electron chi connectivity index (χ4n) is 5.74. The molecule has 0 unspecified atom stereocenters.